The third-order valence-corrected chi connectivity index (χ3v) is 4.00. The molecule has 0 spiro atoms. The Hall–Kier alpha value is -0.440. The van der Waals surface area contributed by atoms with Crippen LogP contribution < -0.4 is 0 Å². The molecule has 0 radical (unpaired) electrons. The first kappa shape index (κ1) is 25.6. The second-order valence-electron chi connectivity index (χ2n) is 6.33. The maximum Gasteiger partial charge on any atom is 0.107 e. The molecule has 11 nitrogen and oxygen atoms in total. The molecule has 0 aromatic rings. The van der Waals surface area contributed by atoms with Gasteiger partial charge in [-0.2, -0.15) is 0 Å². The van der Waals surface area contributed by atoms with E-state index >= 15 is 0 Å². The van der Waals surface area contributed by atoms with Crippen molar-refractivity contribution < 1.29 is 51.1 Å². The SMILES string of the molecule is OCCC(O)C(O)C(O)CN(CC(O)CO)CC(O)C(O)C(O)CCO. The van der Waals surface area contributed by atoms with Crippen molar-refractivity contribution >= 4 is 0 Å². The number of aliphatic hydroxyl groups is 10. The van der Waals surface area contributed by atoms with Gasteiger partial charge in [-0.15, -0.1) is 0 Å². The molecule has 0 amide bonds. The molecule has 7 unspecified atom stereocenters. The molecule has 158 valence electrons. The number of hydrogen-bond donors (Lipinski definition) is 10. The first-order chi connectivity index (χ1) is 12.2. The van der Waals surface area contributed by atoms with E-state index in [1.165, 1.54) is 4.90 Å². The van der Waals surface area contributed by atoms with E-state index in [1.807, 2.05) is 0 Å². The molecule has 0 aliphatic heterocycles. The largest absolute Gasteiger partial charge is 0.396 e. The number of nitrogens with zero attached hydrogens (tertiary/aromatic N) is 1. The third-order valence-electron chi connectivity index (χ3n) is 4.00. The van der Waals surface area contributed by atoms with Crippen LogP contribution in [-0.2, 0) is 0 Å². The Morgan fingerprint density at radius 2 is 0.923 bits per heavy atom. The molecule has 0 rings (SSSR count). The summed E-state index contributed by atoms with van der Waals surface area (Å²) >= 11 is 0. The van der Waals surface area contributed by atoms with E-state index in [2.05, 4.69) is 0 Å². The summed E-state index contributed by atoms with van der Waals surface area (Å²) in [4.78, 5) is 1.24. The zero-order valence-electron chi connectivity index (χ0n) is 14.6. The molecular weight excluding hydrogens is 354 g/mol. The molecule has 7 atom stereocenters. The smallest absolute Gasteiger partial charge is 0.107 e. The second-order valence-corrected chi connectivity index (χ2v) is 6.33. The van der Waals surface area contributed by atoms with Crippen molar-refractivity contribution in [3.05, 3.63) is 0 Å². The van der Waals surface area contributed by atoms with Crippen LogP contribution in [0.4, 0.5) is 0 Å². The van der Waals surface area contributed by atoms with Gasteiger partial charge in [-0.3, -0.25) is 4.90 Å². The van der Waals surface area contributed by atoms with E-state index in [1.54, 1.807) is 0 Å². The average Bonchev–Trinajstić information content (AvgIpc) is 2.60. The molecule has 0 aliphatic rings. The highest BCUT2D eigenvalue weighted by molar-refractivity contribution is 4.83. The first-order valence-corrected chi connectivity index (χ1v) is 8.49. The van der Waals surface area contributed by atoms with Crippen molar-refractivity contribution in [2.45, 2.75) is 55.6 Å². The first-order valence-electron chi connectivity index (χ1n) is 8.49. The lowest BCUT2D eigenvalue weighted by molar-refractivity contribution is -0.0966. The van der Waals surface area contributed by atoms with Gasteiger partial charge >= 0.3 is 0 Å². The van der Waals surface area contributed by atoms with Gasteiger partial charge < -0.3 is 51.1 Å². The van der Waals surface area contributed by atoms with Crippen LogP contribution in [0.15, 0.2) is 0 Å². The molecule has 0 aliphatic carbocycles. The maximum atomic E-state index is 10.0. The molecule has 10 N–H and O–H groups in total. The van der Waals surface area contributed by atoms with Crippen LogP contribution in [0, 0.1) is 0 Å². The highest BCUT2D eigenvalue weighted by Crippen LogP contribution is 2.10. The standard InChI is InChI=1S/C15H33NO10/c17-3-1-10(21)14(25)12(23)6-16(5-9(20)8-19)7-13(24)15(26)11(22)2-4-18/h9-15,17-26H,1-8H2. The summed E-state index contributed by atoms with van der Waals surface area (Å²) in [5.41, 5.74) is 0. The summed E-state index contributed by atoms with van der Waals surface area (Å²) < 4.78 is 0. The Morgan fingerprint density at radius 3 is 1.23 bits per heavy atom. The average molecular weight is 387 g/mol. The predicted molar refractivity (Wildman–Crippen MR) is 89.0 cm³/mol. The fraction of sp³-hybridized carbons (Fsp3) is 1.00. The minimum Gasteiger partial charge on any atom is -0.396 e. The van der Waals surface area contributed by atoms with Gasteiger partial charge in [0.15, 0.2) is 0 Å². The zero-order valence-corrected chi connectivity index (χ0v) is 14.6. The Kier molecular flexibility index (Phi) is 13.5. The van der Waals surface area contributed by atoms with Gasteiger partial charge in [0.05, 0.1) is 37.1 Å². The quantitative estimate of drug-likeness (QED) is 0.128. The number of rotatable bonds is 15. The van der Waals surface area contributed by atoms with Gasteiger partial charge in [0.2, 0.25) is 0 Å². The molecule has 0 saturated carbocycles. The normalized spacial score (nSPS) is 20.4. The van der Waals surface area contributed by atoms with Gasteiger partial charge in [-0.05, 0) is 12.8 Å². The van der Waals surface area contributed by atoms with Crippen molar-refractivity contribution in [2.75, 3.05) is 39.5 Å². The molecule has 0 aromatic heterocycles. The molecule has 26 heavy (non-hydrogen) atoms. The Morgan fingerprint density at radius 1 is 0.538 bits per heavy atom. The number of hydrogen-bond acceptors (Lipinski definition) is 11. The minimum atomic E-state index is -1.60. The fourth-order valence-corrected chi connectivity index (χ4v) is 2.44. The molecule has 0 bridgehead atoms. The summed E-state index contributed by atoms with van der Waals surface area (Å²) in [6.07, 6.45) is -10.5. The van der Waals surface area contributed by atoms with Gasteiger partial charge in [-0.1, -0.05) is 0 Å². The molecule has 0 aromatic carbocycles. The van der Waals surface area contributed by atoms with Crippen LogP contribution in [0.25, 0.3) is 0 Å². The van der Waals surface area contributed by atoms with Gasteiger partial charge in [0.25, 0.3) is 0 Å². The second kappa shape index (κ2) is 13.7. The molecule has 0 fully saturated rings. The highest BCUT2D eigenvalue weighted by atomic mass is 16.4. The van der Waals surface area contributed by atoms with Crippen molar-refractivity contribution in [3.63, 3.8) is 0 Å². The van der Waals surface area contributed by atoms with E-state index in [-0.39, 0.29) is 32.5 Å². The summed E-state index contributed by atoms with van der Waals surface area (Å²) in [5, 5.41) is 94.9. The lowest BCUT2D eigenvalue weighted by atomic mass is 10.0. The summed E-state index contributed by atoms with van der Waals surface area (Å²) in [6, 6.07) is 0. The van der Waals surface area contributed by atoms with E-state index < -0.39 is 62.5 Å². The zero-order chi connectivity index (χ0) is 20.3. The van der Waals surface area contributed by atoms with Crippen LogP contribution in [0.2, 0.25) is 0 Å². The van der Waals surface area contributed by atoms with E-state index in [4.69, 9.17) is 15.3 Å². The summed E-state index contributed by atoms with van der Waals surface area (Å²) in [7, 11) is 0. The van der Waals surface area contributed by atoms with Crippen LogP contribution >= 0.6 is 0 Å². The summed E-state index contributed by atoms with van der Waals surface area (Å²) in [5.74, 6) is 0. The van der Waals surface area contributed by atoms with Crippen LogP contribution in [-0.4, -0.2) is 138 Å². The van der Waals surface area contributed by atoms with E-state index in [9.17, 15) is 35.7 Å². The van der Waals surface area contributed by atoms with Crippen LogP contribution in [0.5, 0.6) is 0 Å². The van der Waals surface area contributed by atoms with E-state index in [0.29, 0.717) is 0 Å². The third kappa shape index (κ3) is 9.48. The molecule has 11 heteroatoms. The Balaban J connectivity index is 4.88. The molecule has 0 saturated heterocycles. The number of aliphatic hydroxyl groups excluding tert-OH is 10. The predicted octanol–water partition coefficient (Wildman–Crippen LogP) is -5.43. The minimum absolute atomic E-state index is 0.161. The molecule has 0 heterocycles. The maximum absolute atomic E-state index is 10.0. The topological polar surface area (TPSA) is 206 Å². The van der Waals surface area contributed by atoms with Gasteiger partial charge in [-0.25, -0.2) is 0 Å². The lowest BCUT2D eigenvalue weighted by Crippen LogP contribution is -2.51. The Labute approximate surface area is 152 Å². The van der Waals surface area contributed by atoms with Gasteiger partial charge in [0.1, 0.15) is 12.2 Å². The van der Waals surface area contributed by atoms with E-state index in [0.717, 1.165) is 0 Å². The van der Waals surface area contributed by atoms with Crippen molar-refractivity contribution in [3.8, 4) is 0 Å². The van der Waals surface area contributed by atoms with Crippen LogP contribution in [0.1, 0.15) is 12.8 Å². The fourth-order valence-electron chi connectivity index (χ4n) is 2.44. The van der Waals surface area contributed by atoms with Crippen molar-refractivity contribution in [1.82, 2.24) is 4.90 Å². The van der Waals surface area contributed by atoms with Crippen molar-refractivity contribution in [1.29, 1.82) is 0 Å². The molecular formula is C15H33NO10. The Bertz CT molecular complexity index is 324. The lowest BCUT2D eigenvalue weighted by Gasteiger charge is -2.33. The monoisotopic (exact) mass is 387 g/mol. The summed E-state index contributed by atoms with van der Waals surface area (Å²) in [6.45, 7) is -2.29. The van der Waals surface area contributed by atoms with Crippen molar-refractivity contribution in [2.24, 2.45) is 0 Å². The highest BCUT2D eigenvalue weighted by Gasteiger charge is 2.30. The van der Waals surface area contributed by atoms with Crippen LogP contribution in [0.3, 0.4) is 0 Å². The van der Waals surface area contributed by atoms with Gasteiger partial charge in [0, 0.05) is 32.8 Å².